The lowest BCUT2D eigenvalue weighted by Crippen LogP contribution is -2.36. The zero-order chi connectivity index (χ0) is 8.10. The molecule has 0 aromatic rings. The molecule has 0 bridgehead atoms. The Morgan fingerprint density at radius 3 is 2.64 bits per heavy atom. The lowest BCUT2D eigenvalue weighted by Gasteiger charge is -2.26. The van der Waals surface area contributed by atoms with Crippen molar-refractivity contribution in [2.45, 2.75) is 18.9 Å². The minimum absolute atomic E-state index is 0.370. The van der Waals surface area contributed by atoms with E-state index in [-0.39, 0.29) is 0 Å². The molecular weight excluding hydrogens is 164 g/mol. The number of nitrogens with zero attached hydrogens (tertiary/aromatic N) is 1. The molecule has 5 heteroatoms. The summed E-state index contributed by atoms with van der Waals surface area (Å²) in [5.74, 6) is 0. The van der Waals surface area contributed by atoms with Crippen LogP contribution in [0.25, 0.3) is 0 Å². The third-order valence-electron chi connectivity index (χ3n) is 1.70. The van der Waals surface area contributed by atoms with Gasteiger partial charge < -0.3 is 5.73 Å². The van der Waals surface area contributed by atoms with Crippen molar-refractivity contribution in [2.75, 3.05) is 20.2 Å². The molecule has 4 nitrogen and oxygen atoms in total. The maximum Gasteiger partial charge on any atom is 0.121 e. The van der Waals surface area contributed by atoms with Crippen LogP contribution in [0.5, 0.6) is 0 Å². The van der Waals surface area contributed by atoms with Crippen molar-refractivity contribution in [3.05, 3.63) is 0 Å². The smallest absolute Gasteiger partial charge is 0.121 e. The Morgan fingerprint density at radius 1 is 1.45 bits per heavy atom. The van der Waals surface area contributed by atoms with Gasteiger partial charge in [0, 0.05) is 19.1 Å². The SMILES string of the molecule is COOSN1CCC(N)CC1. The van der Waals surface area contributed by atoms with Crippen molar-refractivity contribution in [3.8, 4) is 0 Å². The van der Waals surface area contributed by atoms with E-state index < -0.39 is 0 Å². The number of piperidine rings is 1. The zero-order valence-corrected chi connectivity index (χ0v) is 7.47. The molecule has 0 aromatic heterocycles. The molecule has 0 unspecified atom stereocenters. The van der Waals surface area contributed by atoms with Crippen molar-refractivity contribution in [2.24, 2.45) is 5.73 Å². The first-order chi connectivity index (χ1) is 5.33. The van der Waals surface area contributed by atoms with Crippen LogP contribution in [-0.2, 0) is 9.22 Å². The molecule has 0 aliphatic carbocycles. The van der Waals surface area contributed by atoms with E-state index in [2.05, 4.69) is 9.19 Å². The highest BCUT2D eigenvalue weighted by atomic mass is 32.2. The molecule has 0 saturated carbocycles. The van der Waals surface area contributed by atoms with Crippen LogP contribution >= 0.6 is 12.2 Å². The van der Waals surface area contributed by atoms with E-state index in [0.29, 0.717) is 6.04 Å². The lowest BCUT2D eigenvalue weighted by atomic mass is 10.1. The monoisotopic (exact) mass is 178 g/mol. The minimum Gasteiger partial charge on any atom is -0.328 e. The van der Waals surface area contributed by atoms with Crippen LogP contribution in [0.2, 0.25) is 0 Å². The second-order valence-corrected chi connectivity index (χ2v) is 3.38. The predicted molar refractivity (Wildman–Crippen MR) is 44.5 cm³/mol. The summed E-state index contributed by atoms with van der Waals surface area (Å²) in [6, 6.07) is 0.370. The van der Waals surface area contributed by atoms with Crippen LogP contribution in [0.4, 0.5) is 0 Å². The van der Waals surface area contributed by atoms with Crippen LogP contribution < -0.4 is 5.73 Å². The number of rotatable bonds is 3. The molecule has 0 aromatic carbocycles. The average Bonchev–Trinajstić information content (AvgIpc) is 2.04. The van der Waals surface area contributed by atoms with Gasteiger partial charge in [-0.05, 0) is 12.8 Å². The summed E-state index contributed by atoms with van der Waals surface area (Å²) in [7, 11) is 1.50. The van der Waals surface area contributed by atoms with E-state index >= 15 is 0 Å². The van der Waals surface area contributed by atoms with Gasteiger partial charge in [0.1, 0.15) is 12.2 Å². The maximum absolute atomic E-state index is 5.72. The van der Waals surface area contributed by atoms with Gasteiger partial charge in [-0.1, -0.05) is 0 Å². The largest absolute Gasteiger partial charge is 0.328 e. The van der Waals surface area contributed by atoms with Crippen molar-refractivity contribution < 1.29 is 9.22 Å². The van der Waals surface area contributed by atoms with E-state index in [1.807, 2.05) is 0 Å². The van der Waals surface area contributed by atoms with Gasteiger partial charge in [-0.15, -0.1) is 4.33 Å². The van der Waals surface area contributed by atoms with Gasteiger partial charge in [0.05, 0.1) is 7.11 Å². The Kier molecular flexibility index (Phi) is 4.17. The number of nitrogens with two attached hydrogens (primary N) is 1. The third-order valence-corrected chi connectivity index (χ3v) is 2.48. The van der Waals surface area contributed by atoms with Gasteiger partial charge >= 0.3 is 0 Å². The second kappa shape index (κ2) is 4.95. The number of hydrogen-bond donors (Lipinski definition) is 1. The molecule has 66 valence electrons. The normalized spacial score (nSPS) is 22.4. The van der Waals surface area contributed by atoms with Gasteiger partial charge in [-0.2, -0.15) is 0 Å². The molecule has 1 aliphatic rings. The summed E-state index contributed by atoms with van der Waals surface area (Å²) in [6.07, 6.45) is 2.08. The van der Waals surface area contributed by atoms with Crippen molar-refractivity contribution >= 4 is 12.2 Å². The van der Waals surface area contributed by atoms with Crippen LogP contribution in [-0.4, -0.2) is 30.5 Å². The minimum atomic E-state index is 0.370. The quantitative estimate of drug-likeness (QED) is 0.296. The molecular formula is C6H14N2O2S. The summed E-state index contributed by atoms with van der Waals surface area (Å²) in [6.45, 7) is 1.96. The summed E-state index contributed by atoms with van der Waals surface area (Å²) in [5, 5.41) is 0. The van der Waals surface area contributed by atoms with Gasteiger partial charge in [0.15, 0.2) is 0 Å². The average molecular weight is 178 g/mol. The highest BCUT2D eigenvalue weighted by molar-refractivity contribution is 7.92. The van der Waals surface area contributed by atoms with Crippen LogP contribution in [0.15, 0.2) is 0 Å². The van der Waals surface area contributed by atoms with E-state index in [0.717, 1.165) is 25.9 Å². The molecule has 11 heavy (non-hydrogen) atoms. The molecule has 0 radical (unpaired) electrons. The fraction of sp³-hybridized carbons (Fsp3) is 1.00. The molecule has 1 heterocycles. The molecule has 0 atom stereocenters. The molecule has 0 spiro atoms. The highest BCUT2D eigenvalue weighted by Gasteiger charge is 2.16. The molecule has 1 aliphatic heterocycles. The Bertz CT molecular complexity index is 104. The third kappa shape index (κ3) is 3.39. The summed E-state index contributed by atoms with van der Waals surface area (Å²) >= 11 is 1.25. The number of hydrogen-bond acceptors (Lipinski definition) is 5. The first kappa shape index (κ1) is 9.28. The van der Waals surface area contributed by atoms with E-state index in [1.165, 1.54) is 19.3 Å². The topological polar surface area (TPSA) is 47.7 Å². The fourth-order valence-electron chi connectivity index (χ4n) is 1.02. The van der Waals surface area contributed by atoms with Crippen molar-refractivity contribution in [1.29, 1.82) is 0 Å². The lowest BCUT2D eigenvalue weighted by molar-refractivity contribution is -0.163. The van der Waals surface area contributed by atoms with E-state index in [4.69, 9.17) is 10.1 Å². The van der Waals surface area contributed by atoms with Gasteiger partial charge in [-0.3, -0.25) is 0 Å². The van der Waals surface area contributed by atoms with Gasteiger partial charge in [-0.25, -0.2) is 9.19 Å². The maximum atomic E-state index is 5.72. The van der Waals surface area contributed by atoms with Crippen molar-refractivity contribution in [1.82, 2.24) is 4.31 Å². The van der Waals surface area contributed by atoms with E-state index in [1.54, 1.807) is 0 Å². The summed E-state index contributed by atoms with van der Waals surface area (Å²) in [4.78, 5) is 4.46. The summed E-state index contributed by atoms with van der Waals surface area (Å²) < 4.78 is 6.81. The molecule has 1 fully saturated rings. The first-order valence-corrected chi connectivity index (χ1v) is 4.40. The Morgan fingerprint density at radius 2 is 2.09 bits per heavy atom. The van der Waals surface area contributed by atoms with Crippen molar-refractivity contribution in [3.63, 3.8) is 0 Å². The Balaban J connectivity index is 2.07. The van der Waals surface area contributed by atoms with E-state index in [9.17, 15) is 0 Å². The van der Waals surface area contributed by atoms with Gasteiger partial charge in [0.25, 0.3) is 0 Å². The second-order valence-electron chi connectivity index (χ2n) is 2.58. The zero-order valence-electron chi connectivity index (χ0n) is 6.66. The predicted octanol–water partition coefficient (Wildman–Crippen LogP) is 0.551. The molecule has 1 rings (SSSR count). The molecule has 1 saturated heterocycles. The van der Waals surface area contributed by atoms with Crippen LogP contribution in [0.3, 0.4) is 0 Å². The molecule has 0 amide bonds. The van der Waals surface area contributed by atoms with Crippen LogP contribution in [0.1, 0.15) is 12.8 Å². The standard InChI is InChI=1S/C6H14N2O2S/c1-9-10-11-8-4-2-6(7)3-5-8/h6H,2-5,7H2,1H3. The van der Waals surface area contributed by atoms with Gasteiger partial charge in [0.2, 0.25) is 0 Å². The Hall–Kier alpha value is 0.190. The molecule has 2 N–H and O–H groups in total. The summed E-state index contributed by atoms with van der Waals surface area (Å²) in [5.41, 5.74) is 5.72. The van der Waals surface area contributed by atoms with Crippen LogP contribution in [0, 0.1) is 0 Å². The fourth-order valence-corrected chi connectivity index (χ4v) is 1.53. The highest BCUT2D eigenvalue weighted by Crippen LogP contribution is 2.17. The Labute approximate surface area is 71.3 Å². The first-order valence-electron chi connectivity index (χ1n) is 3.71.